The quantitative estimate of drug-likeness (QED) is 0.549. The highest BCUT2D eigenvalue weighted by Crippen LogP contribution is 2.06. The van der Waals surface area contributed by atoms with Crippen LogP contribution in [0.1, 0.15) is 52.9 Å². The van der Waals surface area contributed by atoms with Gasteiger partial charge in [0.2, 0.25) is 0 Å². The number of nitrogens with one attached hydrogen (secondary N) is 1. The molecular formula is C13H30N2. The molecule has 1 atom stereocenters. The minimum absolute atomic E-state index is 0.777. The Hall–Kier alpha value is -0.0800. The van der Waals surface area contributed by atoms with Crippen molar-refractivity contribution in [2.45, 2.75) is 52.9 Å². The molecule has 0 rings (SSSR count). The molecule has 0 aliphatic carbocycles. The van der Waals surface area contributed by atoms with E-state index in [4.69, 9.17) is 5.73 Å². The molecular weight excluding hydrogens is 184 g/mol. The Morgan fingerprint density at radius 3 is 2.33 bits per heavy atom. The first-order valence-electron chi connectivity index (χ1n) is 6.57. The fraction of sp³-hybridized carbons (Fsp3) is 1.00. The fourth-order valence-corrected chi connectivity index (χ4v) is 1.72. The fourth-order valence-electron chi connectivity index (χ4n) is 1.72. The SMILES string of the molecule is CC(C)CCCCNCC(C)CCCN. The zero-order chi connectivity index (χ0) is 11.5. The summed E-state index contributed by atoms with van der Waals surface area (Å²) >= 11 is 0. The zero-order valence-electron chi connectivity index (χ0n) is 10.9. The first kappa shape index (κ1) is 14.9. The lowest BCUT2D eigenvalue weighted by molar-refractivity contribution is 0.455. The van der Waals surface area contributed by atoms with Crippen LogP contribution in [0.25, 0.3) is 0 Å². The Morgan fingerprint density at radius 2 is 1.73 bits per heavy atom. The predicted molar refractivity (Wildman–Crippen MR) is 69.0 cm³/mol. The lowest BCUT2D eigenvalue weighted by Crippen LogP contribution is -2.22. The van der Waals surface area contributed by atoms with Gasteiger partial charge < -0.3 is 11.1 Å². The Kier molecular flexibility index (Phi) is 10.4. The lowest BCUT2D eigenvalue weighted by atomic mass is 10.1. The second kappa shape index (κ2) is 10.4. The second-order valence-corrected chi connectivity index (χ2v) is 5.13. The Labute approximate surface area is 96.0 Å². The van der Waals surface area contributed by atoms with Gasteiger partial charge in [-0.25, -0.2) is 0 Å². The van der Waals surface area contributed by atoms with E-state index in [1.54, 1.807) is 0 Å². The summed E-state index contributed by atoms with van der Waals surface area (Å²) in [6.45, 7) is 10.1. The highest BCUT2D eigenvalue weighted by atomic mass is 14.8. The molecule has 0 amide bonds. The van der Waals surface area contributed by atoms with Crippen LogP contribution in [0.15, 0.2) is 0 Å². The number of hydrogen-bond donors (Lipinski definition) is 2. The van der Waals surface area contributed by atoms with E-state index in [0.29, 0.717) is 0 Å². The van der Waals surface area contributed by atoms with Crippen LogP contribution < -0.4 is 11.1 Å². The minimum atomic E-state index is 0.777. The van der Waals surface area contributed by atoms with Crippen molar-refractivity contribution in [2.75, 3.05) is 19.6 Å². The molecule has 0 aromatic heterocycles. The van der Waals surface area contributed by atoms with Gasteiger partial charge in [-0.15, -0.1) is 0 Å². The molecule has 92 valence electrons. The van der Waals surface area contributed by atoms with Crippen molar-refractivity contribution in [3.63, 3.8) is 0 Å². The molecule has 0 aliphatic heterocycles. The largest absolute Gasteiger partial charge is 0.330 e. The van der Waals surface area contributed by atoms with Gasteiger partial charge in [0.1, 0.15) is 0 Å². The molecule has 3 N–H and O–H groups in total. The maximum Gasteiger partial charge on any atom is -0.00231 e. The molecule has 0 radical (unpaired) electrons. The molecule has 15 heavy (non-hydrogen) atoms. The third-order valence-electron chi connectivity index (χ3n) is 2.78. The zero-order valence-corrected chi connectivity index (χ0v) is 10.9. The van der Waals surface area contributed by atoms with Crippen molar-refractivity contribution in [3.05, 3.63) is 0 Å². The summed E-state index contributed by atoms with van der Waals surface area (Å²) in [7, 11) is 0. The van der Waals surface area contributed by atoms with Gasteiger partial charge in [0.15, 0.2) is 0 Å². The topological polar surface area (TPSA) is 38.0 Å². The van der Waals surface area contributed by atoms with Crippen molar-refractivity contribution >= 4 is 0 Å². The van der Waals surface area contributed by atoms with E-state index in [-0.39, 0.29) is 0 Å². The Bertz CT molecular complexity index is 124. The van der Waals surface area contributed by atoms with Crippen LogP contribution in [0.5, 0.6) is 0 Å². The maximum absolute atomic E-state index is 5.48. The van der Waals surface area contributed by atoms with E-state index < -0.39 is 0 Å². The van der Waals surface area contributed by atoms with Gasteiger partial charge >= 0.3 is 0 Å². The molecule has 0 saturated heterocycles. The first-order chi connectivity index (χ1) is 7.16. The molecule has 0 aromatic rings. The van der Waals surface area contributed by atoms with Gasteiger partial charge in [-0.1, -0.05) is 33.6 Å². The molecule has 2 heteroatoms. The van der Waals surface area contributed by atoms with Crippen LogP contribution in [0.3, 0.4) is 0 Å². The van der Waals surface area contributed by atoms with E-state index in [1.165, 1.54) is 32.2 Å². The highest BCUT2D eigenvalue weighted by molar-refractivity contribution is 4.58. The normalized spacial score (nSPS) is 13.4. The van der Waals surface area contributed by atoms with Crippen molar-refractivity contribution in [3.8, 4) is 0 Å². The van der Waals surface area contributed by atoms with E-state index in [0.717, 1.165) is 31.3 Å². The number of hydrogen-bond acceptors (Lipinski definition) is 2. The van der Waals surface area contributed by atoms with Crippen molar-refractivity contribution in [2.24, 2.45) is 17.6 Å². The molecule has 0 fully saturated rings. The van der Waals surface area contributed by atoms with Crippen LogP contribution in [0.2, 0.25) is 0 Å². The summed E-state index contributed by atoms with van der Waals surface area (Å²) in [5, 5.41) is 3.53. The monoisotopic (exact) mass is 214 g/mol. The second-order valence-electron chi connectivity index (χ2n) is 5.13. The summed E-state index contributed by atoms with van der Waals surface area (Å²) < 4.78 is 0. The third kappa shape index (κ3) is 11.8. The van der Waals surface area contributed by atoms with Crippen LogP contribution in [-0.2, 0) is 0 Å². The average molecular weight is 214 g/mol. The molecule has 0 spiro atoms. The standard InChI is InChI=1S/C13H30N2/c1-12(2)7-4-5-10-15-11-13(3)8-6-9-14/h12-13,15H,4-11,14H2,1-3H3. The highest BCUT2D eigenvalue weighted by Gasteiger charge is 2.00. The average Bonchev–Trinajstić information content (AvgIpc) is 2.19. The summed E-state index contributed by atoms with van der Waals surface area (Å²) in [6, 6.07) is 0. The van der Waals surface area contributed by atoms with Crippen LogP contribution in [0, 0.1) is 11.8 Å². The molecule has 1 unspecified atom stereocenters. The summed E-state index contributed by atoms with van der Waals surface area (Å²) in [6.07, 6.45) is 6.47. The molecule has 0 bridgehead atoms. The van der Waals surface area contributed by atoms with Gasteiger partial charge in [0.25, 0.3) is 0 Å². The number of nitrogens with two attached hydrogens (primary N) is 1. The molecule has 0 aliphatic rings. The van der Waals surface area contributed by atoms with Gasteiger partial charge in [-0.2, -0.15) is 0 Å². The van der Waals surface area contributed by atoms with E-state index in [1.807, 2.05) is 0 Å². The Morgan fingerprint density at radius 1 is 1.00 bits per heavy atom. The number of rotatable bonds is 10. The van der Waals surface area contributed by atoms with Gasteiger partial charge in [0, 0.05) is 0 Å². The molecule has 2 nitrogen and oxygen atoms in total. The predicted octanol–water partition coefficient (Wildman–Crippen LogP) is 2.78. The van der Waals surface area contributed by atoms with Gasteiger partial charge in [-0.05, 0) is 50.7 Å². The van der Waals surface area contributed by atoms with Gasteiger partial charge in [0.05, 0.1) is 0 Å². The van der Waals surface area contributed by atoms with Crippen molar-refractivity contribution in [1.29, 1.82) is 0 Å². The number of unbranched alkanes of at least 4 members (excludes halogenated alkanes) is 1. The van der Waals surface area contributed by atoms with Crippen LogP contribution in [0.4, 0.5) is 0 Å². The van der Waals surface area contributed by atoms with Crippen molar-refractivity contribution in [1.82, 2.24) is 5.32 Å². The molecule has 0 aromatic carbocycles. The third-order valence-corrected chi connectivity index (χ3v) is 2.78. The summed E-state index contributed by atoms with van der Waals surface area (Å²) in [5.41, 5.74) is 5.48. The van der Waals surface area contributed by atoms with Gasteiger partial charge in [-0.3, -0.25) is 0 Å². The Balaban J connectivity index is 3.09. The first-order valence-corrected chi connectivity index (χ1v) is 6.57. The molecule has 0 saturated carbocycles. The van der Waals surface area contributed by atoms with E-state index >= 15 is 0 Å². The lowest BCUT2D eigenvalue weighted by Gasteiger charge is -2.12. The van der Waals surface area contributed by atoms with Crippen LogP contribution >= 0.6 is 0 Å². The van der Waals surface area contributed by atoms with Crippen LogP contribution in [-0.4, -0.2) is 19.6 Å². The van der Waals surface area contributed by atoms with E-state index in [9.17, 15) is 0 Å². The minimum Gasteiger partial charge on any atom is -0.330 e. The maximum atomic E-state index is 5.48. The smallest absolute Gasteiger partial charge is 0.00231 e. The van der Waals surface area contributed by atoms with E-state index in [2.05, 4.69) is 26.1 Å². The molecule has 0 heterocycles. The van der Waals surface area contributed by atoms with Crippen molar-refractivity contribution < 1.29 is 0 Å². The summed E-state index contributed by atoms with van der Waals surface area (Å²) in [4.78, 5) is 0. The summed E-state index contributed by atoms with van der Waals surface area (Å²) in [5.74, 6) is 1.63.